The van der Waals surface area contributed by atoms with Crippen LogP contribution in [0.1, 0.15) is 27.2 Å². The minimum atomic E-state index is -1.16. The van der Waals surface area contributed by atoms with Crippen molar-refractivity contribution in [3.05, 3.63) is 0 Å². The topological polar surface area (TPSA) is 74.6 Å². The van der Waals surface area contributed by atoms with E-state index in [4.69, 9.17) is 10.2 Å². The zero-order chi connectivity index (χ0) is 9.94. The average Bonchev–Trinajstić information content (AvgIpc) is 1.84. The summed E-state index contributed by atoms with van der Waals surface area (Å²) in [4.78, 5) is 21.1. The van der Waals surface area contributed by atoms with E-state index in [9.17, 15) is 9.59 Å². The summed E-state index contributed by atoms with van der Waals surface area (Å²) in [7, 11) is 0. The van der Waals surface area contributed by atoms with Gasteiger partial charge in [-0.25, -0.2) is 0 Å². The predicted molar refractivity (Wildman–Crippen MR) is 42.8 cm³/mol. The minimum absolute atomic E-state index is 0.189. The van der Waals surface area contributed by atoms with Crippen LogP contribution < -0.4 is 0 Å². The summed E-state index contributed by atoms with van der Waals surface area (Å²) in [5.41, 5.74) is -1.16. The second kappa shape index (κ2) is 3.56. The van der Waals surface area contributed by atoms with E-state index in [2.05, 4.69) is 0 Å². The van der Waals surface area contributed by atoms with E-state index in [1.807, 2.05) is 0 Å². The molecule has 0 bridgehead atoms. The van der Waals surface area contributed by atoms with Gasteiger partial charge in [0.1, 0.15) is 0 Å². The zero-order valence-electron chi connectivity index (χ0n) is 7.50. The van der Waals surface area contributed by atoms with Crippen molar-refractivity contribution in [3.63, 3.8) is 0 Å². The molecule has 0 aromatic heterocycles. The van der Waals surface area contributed by atoms with Gasteiger partial charge in [0.25, 0.3) is 0 Å². The van der Waals surface area contributed by atoms with Crippen LogP contribution in [-0.4, -0.2) is 22.2 Å². The van der Waals surface area contributed by atoms with E-state index >= 15 is 0 Å². The highest BCUT2D eigenvalue weighted by atomic mass is 16.4. The summed E-state index contributed by atoms with van der Waals surface area (Å²) < 4.78 is 0. The summed E-state index contributed by atoms with van der Waals surface area (Å²) in [5.74, 6) is -2.32. The molecule has 0 fully saturated rings. The fraction of sp³-hybridized carbons (Fsp3) is 0.750. The van der Waals surface area contributed by atoms with Crippen molar-refractivity contribution < 1.29 is 19.8 Å². The largest absolute Gasteiger partial charge is 0.481 e. The average molecular weight is 174 g/mol. The summed E-state index contributed by atoms with van der Waals surface area (Å²) in [6.07, 6.45) is -0.333. The van der Waals surface area contributed by atoms with Crippen LogP contribution in [0.3, 0.4) is 0 Å². The molecule has 70 valence electrons. The first-order valence-corrected chi connectivity index (χ1v) is 3.76. The Morgan fingerprint density at radius 1 is 1.33 bits per heavy atom. The number of carboxylic acids is 2. The molecule has 0 aliphatic carbocycles. The fourth-order valence-corrected chi connectivity index (χ4v) is 0.841. The Labute approximate surface area is 71.2 Å². The molecule has 1 atom stereocenters. The smallest absolute Gasteiger partial charge is 0.310 e. The molecule has 0 spiro atoms. The number of hydrogen-bond donors (Lipinski definition) is 2. The van der Waals surface area contributed by atoms with Crippen molar-refractivity contribution in [1.82, 2.24) is 0 Å². The predicted octanol–water partition coefficient (Wildman–Crippen LogP) is 1.21. The second-order valence-electron chi connectivity index (χ2n) is 3.45. The quantitative estimate of drug-likeness (QED) is 0.671. The van der Waals surface area contributed by atoms with Gasteiger partial charge in [-0.2, -0.15) is 0 Å². The highest BCUT2D eigenvalue weighted by Crippen LogP contribution is 2.31. The summed E-state index contributed by atoms with van der Waals surface area (Å²) in [5, 5.41) is 17.3. The van der Waals surface area contributed by atoms with Gasteiger partial charge in [-0.3, -0.25) is 9.59 Å². The van der Waals surface area contributed by atoms with Crippen molar-refractivity contribution in [1.29, 1.82) is 0 Å². The molecule has 1 unspecified atom stereocenters. The molecular weight excluding hydrogens is 160 g/mol. The van der Waals surface area contributed by atoms with Crippen molar-refractivity contribution in [2.75, 3.05) is 0 Å². The Hall–Kier alpha value is -1.06. The molecule has 4 nitrogen and oxygen atoms in total. The first-order valence-electron chi connectivity index (χ1n) is 3.76. The molecule has 0 amide bonds. The molecule has 12 heavy (non-hydrogen) atoms. The maximum absolute atomic E-state index is 10.7. The number of aliphatic carboxylic acids is 2. The maximum Gasteiger partial charge on any atom is 0.310 e. The molecule has 0 rings (SSSR count). The number of carbonyl (C=O) groups is 2. The van der Waals surface area contributed by atoms with E-state index in [1.54, 1.807) is 13.8 Å². The van der Waals surface area contributed by atoms with Crippen molar-refractivity contribution >= 4 is 11.9 Å². The molecule has 0 saturated carbocycles. The van der Waals surface area contributed by atoms with E-state index < -0.39 is 17.4 Å². The van der Waals surface area contributed by atoms with Crippen LogP contribution in [0.2, 0.25) is 0 Å². The van der Waals surface area contributed by atoms with Crippen molar-refractivity contribution in [2.24, 2.45) is 11.3 Å². The molecule has 0 saturated heterocycles. The van der Waals surface area contributed by atoms with E-state index in [0.717, 1.165) is 0 Å². The van der Waals surface area contributed by atoms with Crippen molar-refractivity contribution in [2.45, 2.75) is 27.2 Å². The molecule has 4 heteroatoms. The fourth-order valence-electron chi connectivity index (χ4n) is 0.841. The third-order valence-corrected chi connectivity index (χ3v) is 2.28. The zero-order valence-corrected chi connectivity index (χ0v) is 7.50. The van der Waals surface area contributed by atoms with Crippen LogP contribution in [0.4, 0.5) is 0 Å². The Morgan fingerprint density at radius 2 is 1.75 bits per heavy atom. The lowest BCUT2D eigenvalue weighted by Gasteiger charge is -2.26. The Balaban J connectivity index is 4.62. The van der Waals surface area contributed by atoms with Crippen LogP contribution >= 0.6 is 0 Å². The van der Waals surface area contributed by atoms with Gasteiger partial charge in [0, 0.05) is 0 Å². The Kier molecular flexibility index (Phi) is 3.24. The van der Waals surface area contributed by atoms with Crippen LogP contribution in [-0.2, 0) is 9.59 Å². The number of hydrogen-bond acceptors (Lipinski definition) is 2. The molecule has 0 aromatic rings. The molecule has 0 heterocycles. The monoisotopic (exact) mass is 174 g/mol. The van der Waals surface area contributed by atoms with Gasteiger partial charge >= 0.3 is 11.9 Å². The summed E-state index contributed by atoms with van der Waals surface area (Å²) in [6.45, 7) is 4.86. The Bertz CT molecular complexity index is 197. The standard InChI is InChI=1S/C8H14O4/c1-5(2)8(3,7(11)12)4-6(9)10/h5H,4H2,1-3H3,(H,9,10)(H,11,12). The third-order valence-electron chi connectivity index (χ3n) is 2.28. The highest BCUT2D eigenvalue weighted by molar-refractivity contribution is 5.81. The molecule has 2 N–H and O–H groups in total. The van der Waals surface area contributed by atoms with Crippen LogP contribution in [0.25, 0.3) is 0 Å². The van der Waals surface area contributed by atoms with Gasteiger partial charge in [0.15, 0.2) is 0 Å². The molecular formula is C8H14O4. The van der Waals surface area contributed by atoms with Gasteiger partial charge in [-0.05, 0) is 12.8 Å². The van der Waals surface area contributed by atoms with E-state index in [0.29, 0.717) is 0 Å². The SMILES string of the molecule is CC(C)C(C)(CC(=O)O)C(=O)O. The van der Waals surface area contributed by atoms with Gasteiger partial charge in [0.2, 0.25) is 0 Å². The van der Waals surface area contributed by atoms with Gasteiger partial charge in [0.05, 0.1) is 11.8 Å². The molecule has 0 aromatic carbocycles. The summed E-state index contributed by atoms with van der Waals surface area (Å²) >= 11 is 0. The first kappa shape index (κ1) is 10.9. The minimum Gasteiger partial charge on any atom is -0.481 e. The van der Waals surface area contributed by atoms with E-state index in [-0.39, 0.29) is 12.3 Å². The lowest BCUT2D eigenvalue weighted by Crippen LogP contribution is -2.35. The molecule has 0 aliphatic heterocycles. The Morgan fingerprint density at radius 3 is 1.83 bits per heavy atom. The number of rotatable bonds is 4. The lowest BCUT2D eigenvalue weighted by atomic mass is 9.76. The van der Waals surface area contributed by atoms with Gasteiger partial charge in [-0.15, -0.1) is 0 Å². The molecule has 0 aliphatic rings. The van der Waals surface area contributed by atoms with E-state index in [1.165, 1.54) is 6.92 Å². The maximum atomic E-state index is 10.7. The number of carboxylic acid groups (broad SMARTS) is 2. The third kappa shape index (κ3) is 2.22. The lowest BCUT2D eigenvalue weighted by molar-refractivity contribution is -0.157. The highest BCUT2D eigenvalue weighted by Gasteiger charge is 2.38. The summed E-state index contributed by atoms with van der Waals surface area (Å²) in [6, 6.07) is 0. The second-order valence-corrected chi connectivity index (χ2v) is 3.45. The van der Waals surface area contributed by atoms with Crippen molar-refractivity contribution in [3.8, 4) is 0 Å². The van der Waals surface area contributed by atoms with Crippen LogP contribution in [0.15, 0.2) is 0 Å². The van der Waals surface area contributed by atoms with Gasteiger partial charge in [-0.1, -0.05) is 13.8 Å². The van der Waals surface area contributed by atoms with Crippen LogP contribution in [0, 0.1) is 11.3 Å². The normalized spacial score (nSPS) is 15.7. The van der Waals surface area contributed by atoms with Gasteiger partial charge < -0.3 is 10.2 Å². The first-order chi connectivity index (χ1) is 5.30. The molecule has 0 radical (unpaired) electrons. The van der Waals surface area contributed by atoms with Crippen LogP contribution in [0.5, 0.6) is 0 Å².